The van der Waals surface area contributed by atoms with Crippen LogP contribution in [0, 0.1) is 21.4 Å². The van der Waals surface area contributed by atoms with Gasteiger partial charge in [-0.2, -0.15) is 5.26 Å². The summed E-state index contributed by atoms with van der Waals surface area (Å²) in [7, 11) is 0. The molecule has 7 heteroatoms. The summed E-state index contributed by atoms with van der Waals surface area (Å²) in [5, 5.41) is 24.7. The molecule has 1 rings (SSSR count). The fourth-order valence-electron chi connectivity index (χ4n) is 1.33. The van der Waals surface area contributed by atoms with Gasteiger partial charge in [-0.15, -0.1) is 0 Å². The first kappa shape index (κ1) is 15.2. The van der Waals surface area contributed by atoms with E-state index in [0.29, 0.717) is 12.2 Å². The van der Waals surface area contributed by atoms with Crippen LogP contribution in [0.1, 0.15) is 13.3 Å². The molecule has 0 saturated heterocycles. The number of nitrogens with one attached hydrogen (secondary N) is 2. The Kier molecular flexibility index (Phi) is 5.72. The van der Waals surface area contributed by atoms with Crippen molar-refractivity contribution in [2.75, 3.05) is 11.9 Å². The van der Waals surface area contributed by atoms with E-state index in [0.717, 1.165) is 6.42 Å². The van der Waals surface area contributed by atoms with Crippen molar-refractivity contribution in [3.63, 3.8) is 0 Å². The number of amides is 1. The highest BCUT2D eigenvalue weighted by atomic mass is 16.6. The number of benzene rings is 1. The molecule has 104 valence electrons. The Morgan fingerprint density at radius 2 is 2.10 bits per heavy atom. The van der Waals surface area contributed by atoms with Crippen LogP contribution in [0.5, 0.6) is 0 Å². The molecule has 0 saturated carbocycles. The smallest absolute Gasteiger partial charge is 0.269 e. The maximum Gasteiger partial charge on any atom is 0.269 e. The number of non-ortho nitro benzene ring substituents is 1. The molecule has 0 radical (unpaired) electrons. The Balaban J connectivity index is 2.71. The maximum atomic E-state index is 11.8. The molecule has 0 unspecified atom stereocenters. The van der Waals surface area contributed by atoms with Gasteiger partial charge in [-0.25, -0.2) is 0 Å². The molecular formula is C13H14N4O3. The van der Waals surface area contributed by atoms with E-state index in [1.807, 2.05) is 6.92 Å². The Morgan fingerprint density at radius 1 is 1.45 bits per heavy atom. The molecule has 1 aromatic rings. The first-order valence-corrected chi connectivity index (χ1v) is 5.98. The van der Waals surface area contributed by atoms with Crippen LogP contribution in [0.3, 0.4) is 0 Å². The van der Waals surface area contributed by atoms with E-state index in [9.17, 15) is 14.9 Å². The summed E-state index contributed by atoms with van der Waals surface area (Å²) in [6, 6.07) is 7.16. The van der Waals surface area contributed by atoms with E-state index in [1.165, 1.54) is 30.5 Å². The number of nitro groups is 1. The molecule has 1 amide bonds. The van der Waals surface area contributed by atoms with Gasteiger partial charge >= 0.3 is 0 Å². The van der Waals surface area contributed by atoms with Gasteiger partial charge < -0.3 is 10.6 Å². The van der Waals surface area contributed by atoms with E-state index in [4.69, 9.17) is 5.26 Å². The van der Waals surface area contributed by atoms with E-state index in [1.54, 1.807) is 6.07 Å². The van der Waals surface area contributed by atoms with Crippen molar-refractivity contribution in [2.45, 2.75) is 13.3 Å². The second-order valence-corrected chi connectivity index (χ2v) is 3.88. The minimum Gasteiger partial charge on any atom is -0.390 e. The highest BCUT2D eigenvalue weighted by molar-refractivity contribution is 6.06. The minimum atomic E-state index is -0.565. The molecule has 7 nitrogen and oxygen atoms in total. The molecule has 1 aromatic carbocycles. The average molecular weight is 274 g/mol. The topological polar surface area (TPSA) is 108 Å². The van der Waals surface area contributed by atoms with Crippen molar-refractivity contribution in [1.29, 1.82) is 5.26 Å². The highest BCUT2D eigenvalue weighted by Crippen LogP contribution is 2.15. The van der Waals surface area contributed by atoms with Crippen molar-refractivity contribution in [2.24, 2.45) is 0 Å². The molecule has 0 aromatic heterocycles. The molecule has 0 heterocycles. The van der Waals surface area contributed by atoms with E-state index in [2.05, 4.69) is 10.6 Å². The van der Waals surface area contributed by atoms with Crippen LogP contribution < -0.4 is 10.6 Å². The summed E-state index contributed by atoms with van der Waals surface area (Å²) in [4.78, 5) is 21.7. The van der Waals surface area contributed by atoms with Gasteiger partial charge in [0.1, 0.15) is 11.6 Å². The van der Waals surface area contributed by atoms with Crippen molar-refractivity contribution < 1.29 is 9.72 Å². The summed E-state index contributed by atoms with van der Waals surface area (Å²) in [5.41, 5.74) is 0.262. The number of hydrogen-bond acceptors (Lipinski definition) is 5. The Labute approximate surface area is 116 Å². The molecule has 0 aliphatic carbocycles. The third-order valence-electron chi connectivity index (χ3n) is 2.34. The molecule has 2 N–H and O–H groups in total. The zero-order valence-electron chi connectivity index (χ0n) is 10.9. The SMILES string of the molecule is CCCN/C=C(/C#N)C(=O)Nc1ccc([N+](=O)[O-])cc1. The number of hydrogen-bond donors (Lipinski definition) is 2. The molecule has 0 atom stereocenters. The number of nitrogens with zero attached hydrogens (tertiary/aromatic N) is 2. The molecule has 0 bridgehead atoms. The van der Waals surface area contributed by atoms with Crippen molar-refractivity contribution in [1.82, 2.24) is 5.32 Å². The molecule has 0 fully saturated rings. The van der Waals surface area contributed by atoms with Crippen molar-refractivity contribution in [3.8, 4) is 6.07 Å². The van der Waals surface area contributed by atoms with E-state index < -0.39 is 10.8 Å². The van der Waals surface area contributed by atoms with Gasteiger partial charge in [0, 0.05) is 30.6 Å². The summed E-state index contributed by atoms with van der Waals surface area (Å²) in [5.74, 6) is -0.565. The lowest BCUT2D eigenvalue weighted by Crippen LogP contribution is -2.17. The summed E-state index contributed by atoms with van der Waals surface area (Å²) >= 11 is 0. The number of nitro benzene ring substituents is 1. The third-order valence-corrected chi connectivity index (χ3v) is 2.34. The minimum absolute atomic E-state index is 0.0585. The Hall–Kier alpha value is -2.88. The lowest BCUT2D eigenvalue weighted by molar-refractivity contribution is -0.384. The predicted octanol–water partition coefficient (Wildman–Crippen LogP) is 1.94. The van der Waals surface area contributed by atoms with Crippen LogP contribution in [-0.2, 0) is 4.79 Å². The van der Waals surface area contributed by atoms with Crippen molar-refractivity contribution in [3.05, 3.63) is 46.2 Å². The maximum absolute atomic E-state index is 11.8. The fourth-order valence-corrected chi connectivity index (χ4v) is 1.33. The molecule has 0 aliphatic heterocycles. The van der Waals surface area contributed by atoms with Gasteiger partial charge in [-0.1, -0.05) is 6.92 Å². The molecular weight excluding hydrogens is 260 g/mol. The zero-order chi connectivity index (χ0) is 15.0. The van der Waals surface area contributed by atoms with Gasteiger partial charge in [0.15, 0.2) is 0 Å². The Morgan fingerprint density at radius 3 is 2.60 bits per heavy atom. The second-order valence-electron chi connectivity index (χ2n) is 3.88. The fraction of sp³-hybridized carbons (Fsp3) is 0.231. The molecule has 0 spiro atoms. The van der Waals surface area contributed by atoms with Gasteiger partial charge in [0.2, 0.25) is 0 Å². The van der Waals surface area contributed by atoms with Crippen LogP contribution in [-0.4, -0.2) is 17.4 Å². The molecule has 0 aliphatic rings. The lowest BCUT2D eigenvalue weighted by atomic mass is 10.2. The summed E-state index contributed by atoms with van der Waals surface area (Å²) in [6.07, 6.45) is 2.23. The lowest BCUT2D eigenvalue weighted by Gasteiger charge is -2.04. The summed E-state index contributed by atoms with van der Waals surface area (Å²) in [6.45, 7) is 2.62. The van der Waals surface area contributed by atoms with Gasteiger partial charge in [-0.05, 0) is 18.6 Å². The summed E-state index contributed by atoms with van der Waals surface area (Å²) < 4.78 is 0. The van der Waals surface area contributed by atoms with Crippen LogP contribution in [0.4, 0.5) is 11.4 Å². The Bertz CT molecular complexity index is 558. The zero-order valence-corrected chi connectivity index (χ0v) is 10.9. The van der Waals surface area contributed by atoms with E-state index >= 15 is 0 Å². The van der Waals surface area contributed by atoms with Crippen molar-refractivity contribution >= 4 is 17.3 Å². The largest absolute Gasteiger partial charge is 0.390 e. The van der Waals surface area contributed by atoms with Crippen LogP contribution in [0.15, 0.2) is 36.0 Å². The second kappa shape index (κ2) is 7.53. The normalized spacial score (nSPS) is 10.5. The average Bonchev–Trinajstić information content (AvgIpc) is 2.44. The third kappa shape index (κ3) is 4.42. The molecule has 20 heavy (non-hydrogen) atoms. The predicted molar refractivity (Wildman–Crippen MR) is 73.7 cm³/mol. The monoisotopic (exact) mass is 274 g/mol. The first-order valence-electron chi connectivity index (χ1n) is 5.98. The number of anilines is 1. The van der Waals surface area contributed by atoms with Crippen LogP contribution in [0.25, 0.3) is 0 Å². The standard InChI is InChI=1S/C13H14N4O3/c1-2-7-15-9-10(8-14)13(18)16-11-3-5-12(6-4-11)17(19)20/h3-6,9,15H,2,7H2,1H3,(H,16,18)/b10-9-. The number of nitriles is 1. The van der Waals surface area contributed by atoms with Gasteiger partial charge in [0.05, 0.1) is 4.92 Å². The highest BCUT2D eigenvalue weighted by Gasteiger charge is 2.10. The number of carbonyl (C=O) groups excluding carboxylic acids is 1. The number of rotatable bonds is 6. The van der Waals surface area contributed by atoms with Crippen LogP contribution in [0.2, 0.25) is 0 Å². The van der Waals surface area contributed by atoms with Crippen LogP contribution >= 0.6 is 0 Å². The van der Waals surface area contributed by atoms with Gasteiger partial charge in [0.25, 0.3) is 11.6 Å². The number of carbonyl (C=O) groups is 1. The van der Waals surface area contributed by atoms with E-state index in [-0.39, 0.29) is 11.3 Å². The van der Waals surface area contributed by atoms with Gasteiger partial charge in [-0.3, -0.25) is 14.9 Å². The first-order chi connectivity index (χ1) is 9.58. The quantitative estimate of drug-likeness (QED) is 0.271.